The van der Waals surface area contributed by atoms with Crippen molar-refractivity contribution in [2.75, 3.05) is 13.2 Å². The van der Waals surface area contributed by atoms with Gasteiger partial charge in [0.15, 0.2) is 5.88 Å². The summed E-state index contributed by atoms with van der Waals surface area (Å²) in [6, 6.07) is 11.6. The van der Waals surface area contributed by atoms with Crippen molar-refractivity contribution in [3.8, 4) is 5.88 Å². The van der Waals surface area contributed by atoms with Gasteiger partial charge in [-0.15, -0.1) is 0 Å². The van der Waals surface area contributed by atoms with Gasteiger partial charge in [0.1, 0.15) is 18.0 Å². The van der Waals surface area contributed by atoms with E-state index in [9.17, 15) is 15.2 Å². The molecule has 1 aromatic heterocycles. The van der Waals surface area contributed by atoms with E-state index in [0.29, 0.717) is 40.1 Å². The van der Waals surface area contributed by atoms with Gasteiger partial charge in [-0.05, 0) is 12.1 Å². The number of hydrogen-bond donors (Lipinski definition) is 3. The van der Waals surface area contributed by atoms with E-state index in [0.717, 1.165) is 5.56 Å². The molecule has 3 aromatic rings. The van der Waals surface area contributed by atoms with Gasteiger partial charge in [-0.25, -0.2) is 4.99 Å². The molecule has 2 aromatic carbocycles. The number of oxime groups is 1. The molecule has 9 heteroatoms. The third-order valence-electron chi connectivity index (χ3n) is 4.19. The lowest BCUT2D eigenvalue weighted by Gasteiger charge is -2.04. The quantitative estimate of drug-likeness (QED) is 0.362. The van der Waals surface area contributed by atoms with E-state index in [2.05, 4.69) is 15.1 Å². The highest BCUT2D eigenvalue weighted by Crippen LogP contribution is 2.36. The van der Waals surface area contributed by atoms with Crippen LogP contribution in [-0.4, -0.2) is 39.6 Å². The molecule has 0 saturated carbocycles. The number of aromatic nitrogens is 1. The van der Waals surface area contributed by atoms with Gasteiger partial charge < -0.3 is 20.7 Å². The zero-order valence-corrected chi connectivity index (χ0v) is 14.0. The molecule has 4 rings (SSSR count). The Balaban J connectivity index is 1.91. The number of nitro groups is 1. The molecule has 0 unspecified atom stereocenters. The second-order valence-electron chi connectivity index (χ2n) is 5.87. The van der Waals surface area contributed by atoms with Crippen molar-refractivity contribution in [3.05, 3.63) is 63.7 Å². The number of nitro benzene ring substituents is 1. The molecule has 0 aliphatic carbocycles. The number of fused-ring (bicyclic) bond motifs is 2. The maximum absolute atomic E-state index is 11.1. The van der Waals surface area contributed by atoms with E-state index in [1.807, 2.05) is 24.3 Å². The summed E-state index contributed by atoms with van der Waals surface area (Å²) in [5, 5.41) is 26.2. The van der Waals surface area contributed by atoms with Gasteiger partial charge in [0, 0.05) is 35.1 Å². The fraction of sp³-hybridized carbons (Fsp3) is 0.111. The summed E-state index contributed by atoms with van der Waals surface area (Å²) >= 11 is 0. The number of nitrogens with zero attached hydrogens (tertiary/aromatic N) is 3. The minimum absolute atomic E-state index is 0.0864. The third kappa shape index (κ3) is 2.79. The highest BCUT2D eigenvalue weighted by Gasteiger charge is 2.29. The van der Waals surface area contributed by atoms with Crippen molar-refractivity contribution in [3.63, 3.8) is 0 Å². The molecule has 0 fully saturated rings. The maximum Gasteiger partial charge on any atom is 0.270 e. The average Bonchev–Trinajstić information content (AvgIpc) is 3.17. The Morgan fingerprint density at radius 1 is 1.30 bits per heavy atom. The molecule has 4 N–H and O–H groups in total. The van der Waals surface area contributed by atoms with E-state index >= 15 is 0 Å². The lowest BCUT2D eigenvalue weighted by atomic mass is 10.0. The number of nitrogens with one attached hydrogen (secondary N) is 1. The number of para-hydroxylation sites is 1. The van der Waals surface area contributed by atoms with Crippen LogP contribution in [0.25, 0.3) is 10.9 Å². The Bertz CT molecular complexity index is 1120. The van der Waals surface area contributed by atoms with Crippen molar-refractivity contribution >= 4 is 33.7 Å². The molecule has 0 bridgehead atoms. The number of aliphatic imine (C=N–C) groups is 1. The zero-order valence-electron chi connectivity index (χ0n) is 14.0. The molecule has 9 nitrogen and oxygen atoms in total. The molecular weight excluding hydrogens is 350 g/mol. The van der Waals surface area contributed by atoms with Crippen LogP contribution in [0.4, 0.5) is 11.4 Å². The number of benzene rings is 2. The van der Waals surface area contributed by atoms with Crippen LogP contribution in [0, 0.1) is 10.1 Å². The molecular formula is C18H15N5O4. The highest BCUT2D eigenvalue weighted by molar-refractivity contribution is 6.58. The molecule has 0 spiro atoms. The van der Waals surface area contributed by atoms with E-state index in [-0.39, 0.29) is 18.2 Å². The van der Waals surface area contributed by atoms with Crippen LogP contribution in [0.15, 0.2) is 52.6 Å². The Morgan fingerprint density at radius 3 is 2.89 bits per heavy atom. The molecule has 136 valence electrons. The highest BCUT2D eigenvalue weighted by atomic mass is 16.6. The molecule has 27 heavy (non-hydrogen) atoms. The van der Waals surface area contributed by atoms with Crippen LogP contribution in [0.2, 0.25) is 0 Å². The first-order valence-electron chi connectivity index (χ1n) is 8.18. The molecule has 2 heterocycles. The smallest absolute Gasteiger partial charge is 0.270 e. The number of rotatable bonds is 5. The Hall–Kier alpha value is -3.72. The molecule has 0 atom stereocenters. The molecule has 1 aliphatic rings. The minimum Gasteiger partial charge on any atom is -0.494 e. The number of nitrogens with two attached hydrogens (primary N) is 1. The summed E-state index contributed by atoms with van der Waals surface area (Å²) < 4.78 is 0. The van der Waals surface area contributed by atoms with Crippen LogP contribution < -0.4 is 5.73 Å². The minimum atomic E-state index is -0.488. The lowest BCUT2D eigenvalue weighted by molar-refractivity contribution is -0.384. The normalized spacial score (nSPS) is 14.4. The predicted octanol–water partition coefficient (Wildman–Crippen LogP) is 2.60. The molecule has 0 saturated heterocycles. The van der Waals surface area contributed by atoms with Crippen LogP contribution in [0.5, 0.6) is 5.88 Å². The van der Waals surface area contributed by atoms with E-state index in [1.165, 1.54) is 12.1 Å². The first-order valence-corrected chi connectivity index (χ1v) is 8.18. The van der Waals surface area contributed by atoms with Crippen molar-refractivity contribution in [1.29, 1.82) is 0 Å². The number of aromatic hydroxyl groups is 1. The van der Waals surface area contributed by atoms with Crippen molar-refractivity contribution < 1.29 is 14.9 Å². The van der Waals surface area contributed by atoms with Crippen molar-refractivity contribution in [1.82, 2.24) is 4.98 Å². The summed E-state index contributed by atoms with van der Waals surface area (Å²) in [5.41, 5.74) is 8.46. The standard InChI is InChI=1S/C18H15N5O4/c19-7-8-27-22-16-11-3-1-2-4-13(11)20-17(16)15-12-9-10(23(25)26)5-6-14(12)21-18(15)24/h1-6,9,21,24H,7-8,19H2. The second-order valence-corrected chi connectivity index (χ2v) is 5.87. The topological polar surface area (TPSA) is 139 Å². The third-order valence-corrected chi connectivity index (χ3v) is 4.19. The number of non-ortho nitro benzene ring substituents is 1. The van der Waals surface area contributed by atoms with Gasteiger partial charge >= 0.3 is 0 Å². The van der Waals surface area contributed by atoms with Crippen molar-refractivity contribution in [2.45, 2.75) is 0 Å². The average molecular weight is 365 g/mol. The fourth-order valence-corrected chi connectivity index (χ4v) is 3.02. The monoisotopic (exact) mass is 365 g/mol. The van der Waals surface area contributed by atoms with Gasteiger partial charge in [0.2, 0.25) is 0 Å². The van der Waals surface area contributed by atoms with Crippen LogP contribution in [0.3, 0.4) is 0 Å². The van der Waals surface area contributed by atoms with Gasteiger partial charge in [0.25, 0.3) is 5.69 Å². The molecule has 0 amide bonds. The van der Waals surface area contributed by atoms with Gasteiger partial charge in [-0.2, -0.15) is 0 Å². The first kappa shape index (κ1) is 16.7. The zero-order chi connectivity index (χ0) is 19.0. The Morgan fingerprint density at radius 2 is 2.11 bits per heavy atom. The van der Waals surface area contributed by atoms with E-state index < -0.39 is 4.92 Å². The summed E-state index contributed by atoms with van der Waals surface area (Å²) in [7, 11) is 0. The first-order chi connectivity index (χ1) is 13.1. The lowest BCUT2D eigenvalue weighted by Crippen LogP contribution is -2.15. The predicted molar refractivity (Wildman–Crippen MR) is 101 cm³/mol. The van der Waals surface area contributed by atoms with E-state index in [4.69, 9.17) is 10.6 Å². The van der Waals surface area contributed by atoms with Crippen LogP contribution in [-0.2, 0) is 4.84 Å². The largest absolute Gasteiger partial charge is 0.494 e. The van der Waals surface area contributed by atoms with Gasteiger partial charge in [0.05, 0.1) is 16.2 Å². The van der Waals surface area contributed by atoms with Gasteiger partial charge in [-0.1, -0.05) is 23.4 Å². The van der Waals surface area contributed by atoms with Crippen LogP contribution >= 0.6 is 0 Å². The number of aromatic amines is 1. The Kier molecular flexibility index (Phi) is 4.05. The number of hydrogen-bond acceptors (Lipinski definition) is 7. The maximum atomic E-state index is 11.1. The summed E-state index contributed by atoms with van der Waals surface area (Å²) in [5.74, 6) is -0.149. The summed E-state index contributed by atoms with van der Waals surface area (Å²) in [4.78, 5) is 23.3. The van der Waals surface area contributed by atoms with Crippen LogP contribution in [0.1, 0.15) is 11.1 Å². The van der Waals surface area contributed by atoms with E-state index in [1.54, 1.807) is 6.07 Å². The molecule has 0 radical (unpaired) electrons. The van der Waals surface area contributed by atoms with Gasteiger partial charge in [-0.3, -0.25) is 10.1 Å². The molecule has 1 aliphatic heterocycles. The fourth-order valence-electron chi connectivity index (χ4n) is 3.02. The Labute approximate surface area is 152 Å². The SMILES string of the molecule is NCCON=C1C(c2c(O)[nH]c3ccc([N+](=O)[O-])cc23)=Nc2ccccc21. The summed E-state index contributed by atoms with van der Waals surface area (Å²) in [6.07, 6.45) is 0. The second kappa shape index (κ2) is 6.54. The van der Waals surface area contributed by atoms with Crippen molar-refractivity contribution in [2.24, 2.45) is 15.9 Å². The number of H-pyrrole nitrogens is 1. The summed E-state index contributed by atoms with van der Waals surface area (Å²) in [6.45, 7) is 0.527.